The van der Waals surface area contributed by atoms with Crippen molar-refractivity contribution in [1.29, 1.82) is 0 Å². The fourth-order valence-corrected chi connectivity index (χ4v) is 2.61. The van der Waals surface area contributed by atoms with Crippen molar-refractivity contribution < 1.29 is 49.7 Å². The molecular formula is C14H3F9O2. The van der Waals surface area contributed by atoms with Gasteiger partial charge in [0, 0.05) is 0 Å². The molecule has 25 heavy (non-hydrogen) atoms. The zero-order valence-electron chi connectivity index (χ0n) is 11.4. The summed E-state index contributed by atoms with van der Waals surface area (Å²) in [6.07, 6.45) is -3.79. The third-order valence-corrected chi connectivity index (χ3v) is 3.77. The van der Waals surface area contributed by atoms with Gasteiger partial charge in [-0.15, -0.1) is 0 Å². The number of alkyl halides is 2. The molecule has 11 heteroatoms. The molecule has 2 nitrogen and oxygen atoms in total. The molecule has 0 amide bonds. The Kier molecular flexibility index (Phi) is 3.50. The van der Waals surface area contributed by atoms with Gasteiger partial charge in [0.2, 0.25) is 6.17 Å². The number of aromatic hydroxyl groups is 1. The number of hydrogen-bond donors (Lipinski definition) is 2. The maximum atomic E-state index is 14.3. The van der Waals surface area contributed by atoms with Gasteiger partial charge in [-0.2, -0.15) is 0 Å². The predicted octanol–water partition coefficient (Wildman–Crippen LogP) is 4.31. The van der Waals surface area contributed by atoms with Crippen molar-refractivity contribution in [3.05, 3.63) is 46.0 Å². The third-order valence-electron chi connectivity index (χ3n) is 3.77. The first-order valence-electron chi connectivity index (χ1n) is 6.25. The molecule has 134 valence electrons. The van der Waals surface area contributed by atoms with Crippen LogP contribution in [0.5, 0.6) is 5.75 Å². The summed E-state index contributed by atoms with van der Waals surface area (Å²) in [6.45, 7) is 0. The van der Waals surface area contributed by atoms with Crippen LogP contribution in [0.15, 0.2) is 5.83 Å². The lowest BCUT2D eigenvalue weighted by Gasteiger charge is -2.30. The Morgan fingerprint density at radius 2 is 1.24 bits per heavy atom. The predicted molar refractivity (Wildman–Crippen MR) is 64.4 cm³/mol. The van der Waals surface area contributed by atoms with Gasteiger partial charge in [-0.25, -0.2) is 39.5 Å². The summed E-state index contributed by atoms with van der Waals surface area (Å²) in [7, 11) is 0. The van der Waals surface area contributed by atoms with Crippen LogP contribution in [-0.4, -0.2) is 16.4 Å². The maximum Gasteiger partial charge on any atom is 0.275 e. The minimum Gasteiger partial charge on any atom is -0.507 e. The van der Waals surface area contributed by atoms with Gasteiger partial charge in [0.05, 0.1) is 21.9 Å². The number of benzene rings is 2. The van der Waals surface area contributed by atoms with Crippen LogP contribution >= 0.6 is 0 Å². The summed E-state index contributed by atoms with van der Waals surface area (Å²) in [5.74, 6) is -24.1. The Hall–Kier alpha value is -2.43. The highest BCUT2D eigenvalue weighted by Crippen LogP contribution is 2.53. The monoisotopic (exact) mass is 374 g/mol. The van der Waals surface area contributed by atoms with E-state index in [1.165, 1.54) is 0 Å². The van der Waals surface area contributed by atoms with E-state index in [2.05, 4.69) is 0 Å². The van der Waals surface area contributed by atoms with E-state index in [1.807, 2.05) is 0 Å². The first kappa shape index (κ1) is 17.4. The molecule has 0 fully saturated rings. The van der Waals surface area contributed by atoms with E-state index in [-0.39, 0.29) is 0 Å². The van der Waals surface area contributed by atoms with E-state index < -0.39 is 80.4 Å². The Balaban J connectivity index is 2.69. The lowest BCUT2D eigenvalue weighted by atomic mass is 9.85. The number of rotatable bonds is 0. The van der Waals surface area contributed by atoms with Gasteiger partial charge < -0.3 is 10.2 Å². The molecule has 2 atom stereocenters. The molecule has 0 bridgehead atoms. The van der Waals surface area contributed by atoms with Crippen LogP contribution in [0.2, 0.25) is 0 Å². The number of phenols is 1. The van der Waals surface area contributed by atoms with E-state index in [0.29, 0.717) is 0 Å². The van der Waals surface area contributed by atoms with Crippen molar-refractivity contribution >= 4 is 16.6 Å². The minimum atomic E-state index is -4.61. The van der Waals surface area contributed by atoms with Crippen LogP contribution in [0, 0.1) is 29.1 Å². The minimum absolute atomic E-state index is 1.83. The molecule has 0 aromatic heterocycles. The standard InChI is InChI=1S/C14H3F9O2/c15-5-1-2(7(17)10(20)9(19)6(1)16)12(24)4-3(5)8(18)11(21)13(22)14(4,23)25/h13,24-25H. The molecule has 2 aromatic rings. The average Bonchev–Trinajstić information content (AvgIpc) is 2.55. The Bertz CT molecular complexity index is 981. The van der Waals surface area contributed by atoms with Gasteiger partial charge in [0.1, 0.15) is 11.6 Å². The Morgan fingerprint density at radius 1 is 0.760 bits per heavy atom. The second-order valence-electron chi connectivity index (χ2n) is 5.12. The van der Waals surface area contributed by atoms with E-state index >= 15 is 0 Å². The average molecular weight is 374 g/mol. The van der Waals surface area contributed by atoms with Gasteiger partial charge in [-0.05, 0) is 0 Å². The van der Waals surface area contributed by atoms with Crippen molar-refractivity contribution in [1.82, 2.24) is 0 Å². The SMILES string of the molecule is Oc1c2c(c(F)c3c(F)c(F)c(F)c(F)c13)C(F)=C(F)C(F)C2(O)F. The lowest BCUT2D eigenvalue weighted by molar-refractivity contribution is -0.148. The van der Waals surface area contributed by atoms with Crippen molar-refractivity contribution in [2.75, 3.05) is 0 Å². The summed E-state index contributed by atoms with van der Waals surface area (Å²) in [4.78, 5) is 0. The molecule has 1 aliphatic carbocycles. The van der Waals surface area contributed by atoms with Gasteiger partial charge >= 0.3 is 0 Å². The van der Waals surface area contributed by atoms with Gasteiger partial charge in [-0.3, -0.25) is 0 Å². The van der Waals surface area contributed by atoms with Crippen LogP contribution in [0.4, 0.5) is 39.5 Å². The first-order chi connectivity index (χ1) is 11.4. The third kappa shape index (κ3) is 1.92. The highest BCUT2D eigenvalue weighted by atomic mass is 19.2. The Morgan fingerprint density at radius 3 is 1.76 bits per heavy atom. The zero-order chi connectivity index (χ0) is 19.0. The van der Waals surface area contributed by atoms with Crippen LogP contribution in [-0.2, 0) is 5.85 Å². The molecule has 2 N–H and O–H groups in total. The van der Waals surface area contributed by atoms with Crippen molar-refractivity contribution in [3.8, 4) is 5.75 Å². The summed E-state index contributed by atoms with van der Waals surface area (Å²) < 4.78 is 123. The summed E-state index contributed by atoms with van der Waals surface area (Å²) in [6, 6.07) is 0. The lowest BCUT2D eigenvalue weighted by Crippen LogP contribution is -2.37. The second-order valence-corrected chi connectivity index (χ2v) is 5.12. The molecular weight excluding hydrogens is 371 g/mol. The number of fused-ring (bicyclic) bond motifs is 2. The van der Waals surface area contributed by atoms with Crippen molar-refractivity contribution in [2.24, 2.45) is 0 Å². The molecule has 0 saturated heterocycles. The van der Waals surface area contributed by atoms with Gasteiger partial charge in [0.25, 0.3) is 5.85 Å². The zero-order valence-corrected chi connectivity index (χ0v) is 11.4. The van der Waals surface area contributed by atoms with Gasteiger partial charge in [-0.1, -0.05) is 0 Å². The molecule has 1 aliphatic rings. The number of hydrogen-bond acceptors (Lipinski definition) is 2. The fourth-order valence-electron chi connectivity index (χ4n) is 2.61. The molecule has 2 unspecified atom stereocenters. The quantitative estimate of drug-likeness (QED) is 0.410. The van der Waals surface area contributed by atoms with E-state index in [9.17, 15) is 49.7 Å². The largest absolute Gasteiger partial charge is 0.507 e. The first-order valence-corrected chi connectivity index (χ1v) is 6.25. The normalized spacial score (nSPS) is 23.4. The van der Waals surface area contributed by atoms with Crippen LogP contribution in [0.3, 0.4) is 0 Å². The van der Waals surface area contributed by atoms with E-state index in [1.54, 1.807) is 0 Å². The summed E-state index contributed by atoms with van der Waals surface area (Å²) >= 11 is 0. The van der Waals surface area contributed by atoms with Gasteiger partial charge in [0.15, 0.2) is 34.9 Å². The number of aliphatic hydroxyl groups is 1. The molecule has 0 spiro atoms. The summed E-state index contributed by atoms with van der Waals surface area (Å²) in [5, 5.41) is 15.4. The second kappa shape index (κ2) is 5.04. The van der Waals surface area contributed by atoms with Crippen LogP contribution in [0.1, 0.15) is 11.1 Å². The molecule has 0 aliphatic heterocycles. The van der Waals surface area contributed by atoms with E-state index in [0.717, 1.165) is 0 Å². The fraction of sp³-hybridized carbons (Fsp3) is 0.143. The highest BCUT2D eigenvalue weighted by molar-refractivity contribution is 5.95. The highest BCUT2D eigenvalue weighted by Gasteiger charge is 2.53. The van der Waals surface area contributed by atoms with Crippen molar-refractivity contribution in [2.45, 2.75) is 12.0 Å². The molecule has 3 rings (SSSR count). The molecule has 0 radical (unpaired) electrons. The number of phenolic OH excluding ortho intramolecular Hbond substituents is 1. The molecule has 0 saturated carbocycles. The molecule has 0 heterocycles. The Labute approximate surface area is 131 Å². The van der Waals surface area contributed by atoms with E-state index in [4.69, 9.17) is 0 Å². The topological polar surface area (TPSA) is 40.5 Å². The number of halogens is 9. The maximum absolute atomic E-state index is 14.3. The summed E-state index contributed by atoms with van der Waals surface area (Å²) in [5.41, 5.74) is -4.03. The van der Waals surface area contributed by atoms with Crippen LogP contribution < -0.4 is 0 Å². The molecule has 2 aromatic carbocycles. The van der Waals surface area contributed by atoms with Crippen LogP contribution in [0.25, 0.3) is 16.6 Å². The van der Waals surface area contributed by atoms with Crippen molar-refractivity contribution in [3.63, 3.8) is 0 Å². The smallest absolute Gasteiger partial charge is 0.275 e.